The molecule has 10 heavy (non-hydrogen) atoms. The molecule has 2 rings (SSSR count). The summed E-state index contributed by atoms with van der Waals surface area (Å²) in [4.78, 5) is 0. The fraction of sp³-hybridized carbons (Fsp3) is 1.00. The summed E-state index contributed by atoms with van der Waals surface area (Å²) in [7, 11) is 2.18. The van der Waals surface area contributed by atoms with Crippen LogP contribution in [0, 0.1) is 5.92 Å². The summed E-state index contributed by atoms with van der Waals surface area (Å²) >= 11 is 0. The minimum absolute atomic E-state index is 1.000. The van der Waals surface area contributed by atoms with Crippen LogP contribution >= 0.6 is 0 Å². The zero-order valence-electron chi connectivity index (χ0n) is 7.30. The van der Waals surface area contributed by atoms with E-state index in [9.17, 15) is 0 Å². The quantitative estimate of drug-likeness (QED) is 0.501. The first-order valence-electron chi connectivity index (χ1n) is 4.32. The van der Waals surface area contributed by atoms with Crippen LogP contribution in [-0.2, 0) is 0 Å². The lowest BCUT2D eigenvalue weighted by Crippen LogP contribution is -2.34. The Balaban J connectivity index is 0.000000231. The van der Waals surface area contributed by atoms with Crippen molar-refractivity contribution in [2.24, 2.45) is 5.92 Å². The van der Waals surface area contributed by atoms with Gasteiger partial charge in [-0.25, -0.2) is 10.0 Å². The lowest BCUT2D eigenvalue weighted by Gasteiger charge is -2.23. The molecule has 0 aromatic carbocycles. The third-order valence-corrected chi connectivity index (χ3v) is 2.27. The van der Waals surface area contributed by atoms with E-state index in [0.717, 1.165) is 5.92 Å². The second-order valence-corrected chi connectivity index (χ2v) is 2.91. The Hall–Kier alpha value is -0.0800. The van der Waals surface area contributed by atoms with E-state index in [2.05, 4.69) is 17.1 Å². The van der Waals surface area contributed by atoms with Gasteiger partial charge in [-0.3, -0.25) is 0 Å². The number of hydrogen-bond acceptors (Lipinski definition) is 2. The summed E-state index contributed by atoms with van der Waals surface area (Å²) in [5.41, 5.74) is 0. The van der Waals surface area contributed by atoms with Gasteiger partial charge in [0.15, 0.2) is 0 Å². The van der Waals surface area contributed by atoms with Gasteiger partial charge in [0.1, 0.15) is 0 Å². The highest BCUT2D eigenvalue weighted by Crippen LogP contribution is 2.25. The maximum Gasteiger partial charge on any atom is 0.0174 e. The van der Waals surface area contributed by atoms with Crippen molar-refractivity contribution in [3.63, 3.8) is 0 Å². The average molecular weight is 142 g/mol. The second-order valence-electron chi connectivity index (χ2n) is 2.91. The van der Waals surface area contributed by atoms with Gasteiger partial charge in [-0.2, -0.15) is 0 Å². The molecule has 2 fully saturated rings. The molecule has 0 radical (unpaired) electrons. The third kappa shape index (κ3) is 1.32. The van der Waals surface area contributed by atoms with E-state index in [0.29, 0.717) is 0 Å². The highest BCUT2D eigenvalue weighted by Gasteiger charge is 2.32. The number of fused-ring (bicyclic) bond motifs is 2. The molecule has 0 aromatic rings. The molecule has 2 aliphatic heterocycles. The molecule has 2 atom stereocenters. The second kappa shape index (κ2) is 3.35. The van der Waals surface area contributed by atoms with Gasteiger partial charge < -0.3 is 0 Å². The first kappa shape index (κ1) is 8.02. The van der Waals surface area contributed by atoms with Gasteiger partial charge in [0, 0.05) is 26.7 Å². The third-order valence-electron chi connectivity index (χ3n) is 2.27. The van der Waals surface area contributed by atoms with Crippen molar-refractivity contribution in [1.29, 1.82) is 0 Å². The van der Waals surface area contributed by atoms with E-state index < -0.39 is 0 Å². The van der Waals surface area contributed by atoms with Crippen LogP contribution in [-0.4, -0.2) is 36.7 Å². The van der Waals surface area contributed by atoms with Crippen molar-refractivity contribution < 1.29 is 0 Å². The molecule has 0 aromatic heterocycles. The standard InChI is InChI=1S/C6H12N2.C2H6/c1-7-4-6-2-3-8(7)5-6;1-2/h6H,2-5H2,1H3;1-2H3. The SMILES string of the molecule is CC.CN1CC2CCN1C2. The van der Waals surface area contributed by atoms with Crippen LogP contribution < -0.4 is 0 Å². The largest absolute Gasteiger partial charge is 0.245 e. The summed E-state index contributed by atoms with van der Waals surface area (Å²) in [6, 6.07) is 0. The Morgan fingerprint density at radius 2 is 1.90 bits per heavy atom. The lowest BCUT2D eigenvalue weighted by atomic mass is 10.1. The summed E-state index contributed by atoms with van der Waals surface area (Å²) in [5, 5.41) is 4.78. The fourth-order valence-corrected chi connectivity index (χ4v) is 1.76. The Labute approximate surface area is 63.8 Å². The molecule has 2 heterocycles. The average Bonchev–Trinajstić information content (AvgIpc) is 2.52. The van der Waals surface area contributed by atoms with E-state index in [4.69, 9.17) is 0 Å². The molecule has 2 heteroatoms. The number of rotatable bonds is 0. The van der Waals surface area contributed by atoms with Crippen LogP contribution in [0.4, 0.5) is 0 Å². The zero-order valence-corrected chi connectivity index (χ0v) is 7.30. The molecular formula is C8H18N2. The smallest absolute Gasteiger partial charge is 0.0174 e. The van der Waals surface area contributed by atoms with Crippen LogP contribution in [0.1, 0.15) is 20.3 Å². The predicted molar refractivity (Wildman–Crippen MR) is 43.7 cm³/mol. The van der Waals surface area contributed by atoms with E-state index in [1.54, 1.807) is 0 Å². The highest BCUT2D eigenvalue weighted by molar-refractivity contribution is 4.81. The normalized spacial score (nSPS) is 37.5. The zero-order chi connectivity index (χ0) is 7.56. The van der Waals surface area contributed by atoms with Crippen molar-refractivity contribution in [3.8, 4) is 0 Å². The molecular weight excluding hydrogens is 124 g/mol. The number of hydrogen-bond donors (Lipinski definition) is 0. The Bertz CT molecular complexity index is 101. The molecule has 2 bridgehead atoms. The molecule has 0 saturated carbocycles. The van der Waals surface area contributed by atoms with Gasteiger partial charge in [-0.05, 0) is 12.3 Å². The molecule has 2 aliphatic rings. The van der Waals surface area contributed by atoms with Crippen LogP contribution in [0.15, 0.2) is 0 Å². The van der Waals surface area contributed by atoms with E-state index in [1.165, 1.54) is 26.1 Å². The van der Waals surface area contributed by atoms with Gasteiger partial charge in [-0.1, -0.05) is 13.8 Å². The fourth-order valence-electron chi connectivity index (χ4n) is 1.76. The predicted octanol–water partition coefficient (Wildman–Crippen LogP) is 1.19. The van der Waals surface area contributed by atoms with Crippen LogP contribution in [0.5, 0.6) is 0 Å². The molecule has 0 aliphatic carbocycles. The summed E-state index contributed by atoms with van der Waals surface area (Å²) < 4.78 is 0. The number of hydrazine groups is 1. The highest BCUT2D eigenvalue weighted by atomic mass is 15.6. The monoisotopic (exact) mass is 142 g/mol. The van der Waals surface area contributed by atoms with Gasteiger partial charge in [0.2, 0.25) is 0 Å². The summed E-state index contributed by atoms with van der Waals surface area (Å²) in [6.07, 6.45) is 1.43. The Morgan fingerprint density at radius 1 is 1.20 bits per heavy atom. The maximum absolute atomic E-state index is 2.44. The van der Waals surface area contributed by atoms with Crippen molar-refractivity contribution in [3.05, 3.63) is 0 Å². The first-order valence-corrected chi connectivity index (χ1v) is 4.32. The Kier molecular flexibility index (Phi) is 2.69. The minimum atomic E-state index is 1.000. The molecule has 2 unspecified atom stereocenters. The van der Waals surface area contributed by atoms with E-state index >= 15 is 0 Å². The van der Waals surface area contributed by atoms with Crippen LogP contribution in [0.2, 0.25) is 0 Å². The summed E-state index contributed by atoms with van der Waals surface area (Å²) in [5.74, 6) is 1.000. The first-order chi connectivity index (χ1) is 4.86. The molecule has 0 N–H and O–H groups in total. The van der Waals surface area contributed by atoms with Crippen molar-refractivity contribution in [2.75, 3.05) is 26.7 Å². The van der Waals surface area contributed by atoms with Crippen LogP contribution in [0.25, 0.3) is 0 Å². The molecule has 0 spiro atoms. The summed E-state index contributed by atoms with van der Waals surface area (Å²) in [6.45, 7) is 7.94. The van der Waals surface area contributed by atoms with Crippen molar-refractivity contribution in [2.45, 2.75) is 20.3 Å². The maximum atomic E-state index is 2.44. The Morgan fingerprint density at radius 3 is 2.10 bits per heavy atom. The van der Waals surface area contributed by atoms with Crippen LogP contribution in [0.3, 0.4) is 0 Å². The van der Waals surface area contributed by atoms with Crippen molar-refractivity contribution >= 4 is 0 Å². The van der Waals surface area contributed by atoms with Gasteiger partial charge >= 0.3 is 0 Å². The molecule has 2 nitrogen and oxygen atoms in total. The topological polar surface area (TPSA) is 6.48 Å². The molecule has 2 saturated heterocycles. The van der Waals surface area contributed by atoms with Crippen molar-refractivity contribution in [1.82, 2.24) is 10.0 Å². The van der Waals surface area contributed by atoms with Gasteiger partial charge in [-0.15, -0.1) is 0 Å². The van der Waals surface area contributed by atoms with E-state index in [1.807, 2.05) is 13.8 Å². The lowest BCUT2D eigenvalue weighted by molar-refractivity contribution is 0.0529. The van der Waals surface area contributed by atoms with E-state index in [-0.39, 0.29) is 0 Å². The van der Waals surface area contributed by atoms with Gasteiger partial charge in [0.25, 0.3) is 0 Å². The number of nitrogens with zero attached hydrogens (tertiary/aromatic N) is 2. The van der Waals surface area contributed by atoms with Gasteiger partial charge in [0.05, 0.1) is 0 Å². The molecule has 0 amide bonds. The minimum Gasteiger partial charge on any atom is -0.245 e. The molecule has 60 valence electrons.